The maximum absolute atomic E-state index is 13.3. The first-order valence-corrected chi connectivity index (χ1v) is 19.7. The number of esters is 2. The van der Waals surface area contributed by atoms with Gasteiger partial charge in [-0.05, 0) is 148 Å². The summed E-state index contributed by atoms with van der Waals surface area (Å²) in [6.07, 6.45) is 0. The van der Waals surface area contributed by atoms with Crippen molar-refractivity contribution < 1.29 is 55.9 Å². The highest BCUT2D eigenvalue weighted by atomic mass is 79.9. The maximum Gasteiger partial charge on any atom is 0.488 e. The molecule has 0 unspecified atom stereocenters. The molecule has 17 nitrogen and oxygen atoms in total. The highest BCUT2D eigenvalue weighted by molar-refractivity contribution is 9.10. The molecule has 8 N–H and O–H groups in total. The monoisotopic (exact) mass is 987 g/mol. The molecule has 4 heterocycles. The van der Waals surface area contributed by atoms with Crippen LogP contribution in [0.15, 0.2) is 109 Å². The first kappa shape index (κ1) is 55.6. The lowest BCUT2D eigenvalue weighted by atomic mass is 9.80. The van der Waals surface area contributed by atoms with Crippen LogP contribution in [-0.4, -0.2) is 56.4 Å². The minimum absolute atomic E-state index is 0. The minimum Gasteiger partial charge on any atom is -0.454 e. The van der Waals surface area contributed by atoms with Crippen molar-refractivity contribution in [3.8, 4) is 34.8 Å². The molecule has 0 atom stereocenters. The summed E-state index contributed by atoms with van der Waals surface area (Å²) in [5, 5.41) is 42.0. The molecule has 0 fully saturated rings. The number of hydrazine groups is 1. The molecular weight excluding hydrogens is 939 g/mol. The Morgan fingerprint density at radius 3 is 1.72 bits per heavy atom. The summed E-state index contributed by atoms with van der Waals surface area (Å²) in [6, 6.07) is 25.8. The van der Waals surface area contributed by atoms with Crippen molar-refractivity contribution in [3.63, 3.8) is 0 Å². The van der Waals surface area contributed by atoms with Crippen LogP contribution in [0, 0.1) is 34.3 Å². The number of hydrogen-bond donors (Lipinski definition) is 6. The number of H-pyrrole nitrogens is 1. The standard InChI is InChI=1S/C16H14FNO3.C12H11N5O2.C9H11BrO3.C7H5BFNO2.2CH4/c1-16(2,3)21-15(19)14-7-6-13(20-14)10-4-5-12(17)11(8-10)9-18;13-11-7-5-6(1-2-8(7)16-17-11)9-3-4-10(19-9)12(18)15-14;1-9(2,3)13-8(11)6-4-5-7(10)12-6;9-7-2-1-6(8(11)12)3-5(7)4-10;;/h4-8H,1-3H3;1-5H,14H2,(H,15,18)(H3,13,16,17);4-5H,1-3H3;1-3,11-12H;2*1H4. The SMILES string of the molecule is C.C.CC(C)(C)OC(=O)c1ccc(-c2ccc(F)c(C#N)c2)o1.CC(C)(C)OC(=O)c1ccc(Br)o1.N#Cc1cc(B(O)O)ccc1F.NNC(=O)c1ccc(-c2ccc3[nH]nc(N)c3c2)o1. The number of carbonyl (C=O) groups excluding carboxylic acids is 3. The normalized spacial score (nSPS) is 10.4. The number of hydrogen-bond acceptors (Lipinski definition) is 15. The smallest absolute Gasteiger partial charge is 0.454 e. The van der Waals surface area contributed by atoms with Gasteiger partial charge < -0.3 is 38.5 Å². The van der Waals surface area contributed by atoms with Crippen LogP contribution in [0.2, 0.25) is 0 Å². The zero-order valence-electron chi connectivity index (χ0n) is 35.5. The molecule has 352 valence electrons. The van der Waals surface area contributed by atoms with Gasteiger partial charge in [0.1, 0.15) is 46.5 Å². The third-order valence-electron chi connectivity index (χ3n) is 8.00. The highest BCUT2D eigenvalue weighted by Crippen LogP contribution is 2.28. The molecular formula is C46H49BBrF2N7O10. The van der Waals surface area contributed by atoms with Crippen LogP contribution in [0.5, 0.6) is 0 Å². The number of carbonyl (C=O) groups is 3. The molecule has 0 saturated carbocycles. The summed E-state index contributed by atoms with van der Waals surface area (Å²) < 4.78 is 52.6. The Morgan fingerprint density at radius 2 is 1.21 bits per heavy atom. The number of benzene rings is 3. The lowest BCUT2D eigenvalue weighted by Crippen LogP contribution is -2.30. The van der Waals surface area contributed by atoms with E-state index in [0.717, 1.165) is 28.6 Å². The molecule has 7 aromatic rings. The molecule has 0 saturated heterocycles. The highest BCUT2D eigenvalue weighted by Gasteiger charge is 2.22. The first-order chi connectivity index (χ1) is 30.5. The predicted molar refractivity (Wildman–Crippen MR) is 250 cm³/mol. The second kappa shape index (κ2) is 24.1. The molecule has 0 aliphatic rings. The van der Waals surface area contributed by atoms with Crippen molar-refractivity contribution in [3.05, 3.63) is 136 Å². The number of nitrogens with one attached hydrogen (secondary N) is 2. The summed E-state index contributed by atoms with van der Waals surface area (Å²) in [4.78, 5) is 34.5. The van der Waals surface area contributed by atoms with Gasteiger partial charge in [0.25, 0.3) is 0 Å². The Morgan fingerprint density at radius 1 is 0.731 bits per heavy atom. The van der Waals surface area contributed by atoms with E-state index < -0.39 is 47.8 Å². The third kappa shape index (κ3) is 16.1. The molecule has 7 rings (SSSR count). The maximum atomic E-state index is 13.3. The number of aromatic amines is 1. The zero-order valence-corrected chi connectivity index (χ0v) is 37.1. The number of halogens is 3. The van der Waals surface area contributed by atoms with E-state index in [1.54, 1.807) is 63.2 Å². The van der Waals surface area contributed by atoms with Crippen molar-refractivity contribution in [2.45, 2.75) is 67.6 Å². The number of nitriles is 2. The Balaban J connectivity index is 0.000000312. The van der Waals surface area contributed by atoms with E-state index >= 15 is 0 Å². The molecule has 3 aromatic carbocycles. The zero-order chi connectivity index (χ0) is 48.2. The molecule has 1 amide bonds. The van der Waals surface area contributed by atoms with Gasteiger partial charge >= 0.3 is 25.0 Å². The summed E-state index contributed by atoms with van der Waals surface area (Å²) >= 11 is 3.11. The van der Waals surface area contributed by atoms with Gasteiger partial charge in [0.15, 0.2) is 16.2 Å². The van der Waals surface area contributed by atoms with Gasteiger partial charge in [0.2, 0.25) is 11.5 Å². The number of fused-ring (bicyclic) bond motifs is 1. The van der Waals surface area contributed by atoms with Crippen LogP contribution >= 0.6 is 15.9 Å². The fourth-order valence-electron chi connectivity index (χ4n) is 5.11. The lowest BCUT2D eigenvalue weighted by molar-refractivity contribution is 0.00243. The van der Waals surface area contributed by atoms with Crippen LogP contribution in [0.1, 0.15) is 99.2 Å². The second-order valence-electron chi connectivity index (χ2n) is 15.3. The Kier molecular flexibility index (Phi) is 20.0. The molecule has 0 bridgehead atoms. The van der Waals surface area contributed by atoms with Gasteiger partial charge in [-0.3, -0.25) is 15.3 Å². The lowest BCUT2D eigenvalue weighted by Gasteiger charge is -2.18. The summed E-state index contributed by atoms with van der Waals surface area (Å²) in [7, 11) is -1.67. The van der Waals surface area contributed by atoms with E-state index in [2.05, 4.69) is 26.1 Å². The summed E-state index contributed by atoms with van der Waals surface area (Å²) in [5.74, 6) is 4.05. The number of amides is 1. The fraction of sp³-hybridized carbons (Fsp3) is 0.217. The number of rotatable bonds is 6. The van der Waals surface area contributed by atoms with Crippen molar-refractivity contribution >= 4 is 63.1 Å². The van der Waals surface area contributed by atoms with Crippen LogP contribution in [0.3, 0.4) is 0 Å². The number of aromatic nitrogens is 2. The third-order valence-corrected chi connectivity index (χ3v) is 8.42. The predicted octanol–water partition coefficient (Wildman–Crippen LogP) is 8.57. The number of nitrogen functional groups attached to an aromatic ring is 2. The van der Waals surface area contributed by atoms with Gasteiger partial charge in [-0.15, -0.1) is 0 Å². The van der Waals surface area contributed by atoms with Crippen LogP contribution in [0.4, 0.5) is 14.6 Å². The summed E-state index contributed by atoms with van der Waals surface area (Å²) in [5.41, 5.74) is 8.64. The van der Waals surface area contributed by atoms with Crippen molar-refractivity contribution in [2.75, 3.05) is 5.73 Å². The molecule has 4 aromatic heterocycles. The van der Waals surface area contributed by atoms with Gasteiger partial charge in [-0.25, -0.2) is 24.2 Å². The van der Waals surface area contributed by atoms with Gasteiger partial charge in [-0.2, -0.15) is 15.6 Å². The molecule has 0 aliphatic heterocycles. The second-order valence-corrected chi connectivity index (χ2v) is 16.1. The molecule has 21 heteroatoms. The number of nitrogens with zero attached hydrogens (tertiary/aromatic N) is 3. The van der Waals surface area contributed by atoms with Gasteiger partial charge in [0, 0.05) is 16.5 Å². The Labute approximate surface area is 393 Å². The molecule has 0 radical (unpaired) electrons. The largest absolute Gasteiger partial charge is 0.488 e. The first-order valence-electron chi connectivity index (χ1n) is 18.9. The van der Waals surface area contributed by atoms with E-state index in [0.29, 0.717) is 27.6 Å². The molecule has 0 aliphatic carbocycles. The van der Waals surface area contributed by atoms with Crippen molar-refractivity contribution in [1.82, 2.24) is 15.6 Å². The van der Waals surface area contributed by atoms with E-state index in [1.165, 1.54) is 30.3 Å². The fourth-order valence-corrected chi connectivity index (χ4v) is 5.42. The van der Waals surface area contributed by atoms with Crippen LogP contribution in [0.25, 0.3) is 33.6 Å². The topological polar surface area (TPSA) is 290 Å². The molecule has 0 spiro atoms. The average Bonchev–Trinajstić information content (AvgIpc) is 4.09. The summed E-state index contributed by atoms with van der Waals surface area (Å²) in [6.45, 7) is 10.7. The Bertz CT molecular complexity index is 2880. The number of anilines is 1. The van der Waals surface area contributed by atoms with Gasteiger partial charge in [0.05, 0.1) is 16.6 Å². The van der Waals surface area contributed by atoms with Crippen molar-refractivity contribution in [1.29, 1.82) is 10.5 Å². The number of furan rings is 3. The number of ether oxygens (including phenoxy) is 2. The van der Waals surface area contributed by atoms with E-state index in [4.69, 9.17) is 54.9 Å². The van der Waals surface area contributed by atoms with Crippen LogP contribution in [-0.2, 0) is 9.47 Å². The van der Waals surface area contributed by atoms with Crippen LogP contribution < -0.4 is 22.5 Å². The van der Waals surface area contributed by atoms with E-state index in [9.17, 15) is 23.2 Å². The van der Waals surface area contributed by atoms with E-state index in [1.807, 2.05) is 44.4 Å². The number of nitrogens with two attached hydrogens (primary N) is 2. The van der Waals surface area contributed by atoms with Crippen molar-refractivity contribution in [2.24, 2.45) is 5.84 Å². The Hall–Kier alpha value is -7.56. The quantitative estimate of drug-likeness (QED) is 0.0299. The molecule has 67 heavy (non-hydrogen) atoms. The average molecular weight is 989 g/mol. The van der Waals surface area contributed by atoms with Gasteiger partial charge in [-0.1, -0.05) is 20.9 Å². The minimum atomic E-state index is -1.67. The van der Waals surface area contributed by atoms with E-state index in [-0.39, 0.29) is 48.7 Å².